The smallest absolute Gasteiger partial charge is 0.0872 e. The third kappa shape index (κ3) is 2.81. The van der Waals surface area contributed by atoms with Crippen LogP contribution in [0.1, 0.15) is 38.1 Å². The zero-order valence-corrected chi connectivity index (χ0v) is 8.86. The second-order valence-electron chi connectivity index (χ2n) is 3.88. The molecule has 14 heavy (non-hydrogen) atoms. The zero-order valence-electron chi connectivity index (χ0n) is 8.86. The molecule has 0 radical (unpaired) electrons. The monoisotopic (exact) mass is 189 g/mol. The first-order valence-corrected chi connectivity index (χ1v) is 4.84. The summed E-state index contributed by atoms with van der Waals surface area (Å²) in [6.45, 7) is 6.12. The van der Waals surface area contributed by atoms with Gasteiger partial charge >= 0.3 is 0 Å². The number of aromatic nitrogens is 2. The third-order valence-corrected chi connectivity index (χ3v) is 1.98. The molecule has 74 valence electrons. The fraction of sp³-hybridized carbons (Fsp3) is 0.545. The van der Waals surface area contributed by atoms with Crippen molar-refractivity contribution in [1.29, 1.82) is 5.26 Å². The van der Waals surface area contributed by atoms with Crippen molar-refractivity contribution in [1.82, 2.24) is 9.97 Å². The van der Waals surface area contributed by atoms with Crippen LogP contribution in [0.2, 0.25) is 0 Å². The molecule has 0 aliphatic rings. The van der Waals surface area contributed by atoms with E-state index in [1.54, 1.807) is 12.4 Å². The van der Waals surface area contributed by atoms with Gasteiger partial charge < -0.3 is 0 Å². The van der Waals surface area contributed by atoms with Crippen LogP contribution in [-0.2, 0) is 6.42 Å². The third-order valence-electron chi connectivity index (χ3n) is 1.98. The molecule has 1 rings (SSSR count). The van der Waals surface area contributed by atoms with E-state index in [0.717, 1.165) is 17.8 Å². The first kappa shape index (κ1) is 10.6. The summed E-state index contributed by atoms with van der Waals surface area (Å²) in [6.07, 6.45) is 4.41. The first-order chi connectivity index (χ1) is 6.63. The van der Waals surface area contributed by atoms with Crippen molar-refractivity contribution in [3.63, 3.8) is 0 Å². The van der Waals surface area contributed by atoms with Gasteiger partial charge in [-0.1, -0.05) is 13.8 Å². The van der Waals surface area contributed by atoms with Gasteiger partial charge in [0.05, 0.1) is 29.6 Å². The number of hydrogen-bond donors (Lipinski definition) is 0. The molecule has 1 atom stereocenters. The Labute approximate surface area is 84.8 Å². The summed E-state index contributed by atoms with van der Waals surface area (Å²) in [6, 6.07) is 2.14. The van der Waals surface area contributed by atoms with E-state index in [4.69, 9.17) is 5.26 Å². The molecule has 1 aromatic rings. The predicted octanol–water partition coefficient (Wildman–Crippen LogP) is 2.30. The van der Waals surface area contributed by atoms with Gasteiger partial charge in [-0.2, -0.15) is 5.26 Å². The molecular weight excluding hydrogens is 174 g/mol. The summed E-state index contributed by atoms with van der Waals surface area (Å²) >= 11 is 0. The Hall–Kier alpha value is -1.43. The van der Waals surface area contributed by atoms with Crippen LogP contribution >= 0.6 is 0 Å². The van der Waals surface area contributed by atoms with Gasteiger partial charge in [0.25, 0.3) is 0 Å². The van der Waals surface area contributed by atoms with Crippen LogP contribution in [0.15, 0.2) is 12.4 Å². The van der Waals surface area contributed by atoms with Crippen LogP contribution in [0.5, 0.6) is 0 Å². The minimum Gasteiger partial charge on any atom is -0.258 e. The largest absolute Gasteiger partial charge is 0.258 e. The maximum atomic E-state index is 8.69. The number of nitrogens with zero attached hydrogens (tertiary/aromatic N) is 3. The Bertz CT molecular complexity index is 321. The van der Waals surface area contributed by atoms with E-state index < -0.39 is 0 Å². The molecule has 3 heteroatoms. The van der Waals surface area contributed by atoms with Gasteiger partial charge in [0.2, 0.25) is 0 Å². The molecule has 3 nitrogen and oxygen atoms in total. The molecule has 0 spiro atoms. The van der Waals surface area contributed by atoms with Crippen molar-refractivity contribution in [2.45, 2.75) is 33.1 Å². The standard InChI is InChI=1S/C11H15N3/c1-8(2)4-10-6-14-11(7-13-10)9(3)5-12/h6-9H,4H2,1-3H3. The first-order valence-electron chi connectivity index (χ1n) is 4.84. The molecular formula is C11H15N3. The molecule has 0 N–H and O–H groups in total. The summed E-state index contributed by atoms with van der Waals surface area (Å²) < 4.78 is 0. The summed E-state index contributed by atoms with van der Waals surface area (Å²) in [5.74, 6) is 0.416. The molecule has 0 amide bonds. The molecule has 1 aromatic heterocycles. The van der Waals surface area contributed by atoms with Gasteiger partial charge in [0.1, 0.15) is 0 Å². The maximum absolute atomic E-state index is 8.69. The molecule has 0 aliphatic heterocycles. The Balaban J connectivity index is 2.74. The molecule has 0 aliphatic carbocycles. The summed E-state index contributed by atoms with van der Waals surface area (Å²) in [4.78, 5) is 8.49. The van der Waals surface area contributed by atoms with Crippen molar-refractivity contribution in [2.24, 2.45) is 5.92 Å². The van der Waals surface area contributed by atoms with E-state index in [-0.39, 0.29) is 5.92 Å². The van der Waals surface area contributed by atoms with Gasteiger partial charge in [-0.05, 0) is 19.3 Å². The quantitative estimate of drug-likeness (QED) is 0.733. The number of rotatable bonds is 3. The Morgan fingerprint density at radius 1 is 1.29 bits per heavy atom. The van der Waals surface area contributed by atoms with Crippen molar-refractivity contribution >= 4 is 0 Å². The highest BCUT2D eigenvalue weighted by atomic mass is 14.8. The molecule has 1 unspecified atom stereocenters. The number of nitriles is 1. The van der Waals surface area contributed by atoms with E-state index in [1.165, 1.54) is 0 Å². The minimum absolute atomic E-state index is 0.171. The lowest BCUT2D eigenvalue weighted by Crippen LogP contribution is -2.01. The maximum Gasteiger partial charge on any atom is 0.0872 e. The predicted molar refractivity (Wildman–Crippen MR) is 54.6 cm³/mol. The second kappa shape index (κ2) is 4.71. The van der Waals surface area contributed by atoms with Crippen LogP contribution in [0.25, 0.3) is 0 Å². The van der Waals surface area contributed by atoms with E-state index >= 15 is 0 Å². The summed E-state index contributed by atoms with van der Waals surface area (Å²) in [7, 11) is 0. The Morgan fingerprint density at radius 2 is 2.00 bits per heavy atom. The van der Waals surface area contributed by atoms with Crippen LogP contribution in [0, 0.1) is 17.2 Å². The second-order valence-corrected chi connectivity index (χ2v) is 3.88. The summed E-state index contributed by atoms with van der Waals surface area (Å²) in [5, 5.41) is 8.69. The Morgan fingerprint density at radius 3 is 2.43 bits per heavy atom. The zero-order chi connectivity index (χ0) is 10.6. The SMILES string of the molecule is CC(C)Cc1cnc(C(C)C#N)cn1. The molecule has 0 saturated heterocycles. The lowest BCUT2D eigenvalue weighted by molar-refractivity contribution is 0.631. The molecule has 0 aromatic carbocycles. The fourth-order valence-electron chi connectivity index (χ4n) is 1.18. The Kier molecular flexibility index (Phi) is 3.58. The lowest BCUT2D eigenvalue weighted by Gasteiger charge is -2.05. The average molecular weight is 189 g/mol. The topological polar surface area (TPSA) is 49.6 Å². The fourth-order valence-corrected chi connectivity index (χ4v) is 1.18. The van der Waals surface area contributed by atoms with Gasteiger partial charge in [-0.15, -0.1) is 0 Å². The van der Waals surface area contributed by atoms with Gasteiger partial charge in [0, 0.05) is 6.20 Å². The average Bonchev–Trinajstić information content (AvgIpc) is 2.17. The van der Waals surface area contributed by atoms with Crippen molar-refractivity contribution < 1.29 is 0 Å². The van der Waals surface area contributed by atoms with Gasteiger partial charge in [-0.3, -0.25) is 9.97 Å². The highest BCUT2D eigenvalue weighted by Crippen LogP contribution is 2.10. The molecule has 0 bridgehead atoms. The van der Waals surface area contributed by atoms with Gasteiger partial charge in [0.15, 0.2) is 0 Å². The highest BCUT2D eigenvalue weighted by Gasteiger charge is 2.06. The van der Waals surface area contributed by atoms with E-state index in [2.05, 4.69) is 29.9 Å². The molecule has 1 heterocycles. The summed E-state index contributed by atoms with van der Waals surface area (Å²) in [5.41, 5.74) is 1.74. The van der Waals surface area contributed by atoms with Crippen LogP contribution in [-0.4, -0.2) is 9.97 Å². The van der Waals surface area contributed by atoms with E-state index in [0.29, 0.717) is 5.92 Å². The van der Waals surface area contributed by atoms with Crippen molar-refractivity contribution in [3.8, 4) is 6.07 Å². The van der Waals surface area contributed by atoms with Crippen LogP contribution in [0.3, 0.4) is 0 Å². The van der Waals surface area contributed by atoms with Crippen LogP contribution < -0.4 is 0 Å². The van der Waals surface area contributed by atoms with Crippen molar-refractivity contribution in [3.05, 3.63) is 23.8 Å². The highest BCUT2D eigenvalue weighted by molar-refractivity contribution is 5.13. The molecule has 0 fully saturated rings. The molecule has 0 saturated carbocycles. The van der Waals surface area contributed by atoms with E-state index in [9.17, 15) is 0 Å². The van der Waals surface area contributed by atoms with E-state index in [1.807, 2.05) is 6.92 Å². The number of hydrogen-bond acceptors (Lipinski definition) is 3. The van der Waals surface area contributed by atoms with Crippen LogP contribution in [0.4, 0.5) is 0 Å². The minimum atomic E-state index is -0.171. The lowest BCUT2D eigenvalue weighted by atomic mass is 10.1. The normalized spacial score (nSPS) is 12.5. The van der Waals surface area contributed by atoms with Gasteiger partial charge in [-0.25, -0.2) is 0 Å². The van der Waals surface area contributed by atoms with Crippen molar-refractivity contribution in [2.75, 3.05) is 0 Å².